The third-order valence-electron chi connectivity index (χ3n) is 3.03. The van der Waals surface area contributed by atoms with E-state index in [2.05, 4.69) is 78.5 Å². The van der Waals surface area contributed by atoms with Crippen molar-refractivity contribution < 1.29 is 0 Å². The van der Waals surface area contributed by atoms with Gasteiger partial charge in [-0.2, -0.15) is 0 Å². The van der Waals surface area contributed by atoms with Crippen LogP contribution in [0.5, 0.6) is 0 Å². The first-order chi connectivity index (χ1) is 10.1. The molecule has 3 nitrogen and oxygen atoms in total. The number of hydrogen-bond donors (Lipinski definition) is 1. The minimum absolute atomic E-state index is 0.841. The van der Waals surface area contributed by atoms with E-state index in [1.54, 1.807) is 11.3 Å². The standard InChI is InChI=1S/C15H19Br2N3S/c1-3-4-18-7-11-5-12(16)8-19-15(11)20(2)9-14-6-13(17)10-21-14/h5-6,8,10,18H,3-4,7,9H2,1-2H3. The number of pyridine rings is 1. The Kier molecular flexibility index (Phi) is 6.67. The zero-order valence-electron chi connectivity index (χ0n) is 12.2. The summed E-state index contributed by atoms with van der Waals surface area (Å²) in [6.07, 6.45) is 3.00. The highest BCUT2D eigenvalue weighted by Gasteiger charge is 2.11. The van der Waals surface area contributed by atoms with E-state index in [-0.39, 0.29) is 0 Å². The maximum Gasteiger partial charge on any atom is 0.133 e. The number of nitrogens with one attached hydrogen (secondary N) is 1. The van der Waals surface area contributed by atoms with Gasteiger partial charge in [-0.25, -0.2) is 4.98 Å². The Balaban J connectivity index is 2.12. The number of nitrogens with zero attached hydrogens (tertiary/aromatic N) is 2. The molecule has 0 amide bonds. The molecule has 1 N–H and O–H groups in total. The molecule has 0 radical (unpaired) electrons. The van der Waals surface area contributed by atoms with Gasteiger partial charge in [-0.3, -0.25) is 0 Å². The SMILES string of the molecule is CCCNCc1cc(Br)cnc1N(C)Cc1cc(Br)cs1. The van der Waals surface area contributed by atoms with Gasteiger partial charge in [0.15, 0.2) is 0 Å². The average Bonchev–Trinajstić information content (AvgIpc) is 2.84. The fourth-order valence-corrected chi connectivity index (χ4v) is 3.98. The molecule has 21 heavy (non-hydrogen) atoms. The monoisotopic (exact) mass is 431 g/mol. The number of aromatic nitrogens is 1. The number of halogens is 2. The summed E-state index contributed by atoms with van der Waals surface area (Å²) in [6.45, 7) is 4.90. The van der Waals surface area contributed by atoms with E-state index in [0.717, 1.165) is 40.8 Å². The number of thiophene rings is 1. The molecular formula is C15H19Br2N3S. The minimum atomic E-state index is 0.841. The van der Waals surface area contributed by atoms with E-state index in [1.807, 2.05) is 6.20 Å². The molecule has 0 aliphatic rings. The third kappa shape index (κ3) is 5.06. The predicted molar refractivity (Wildman–Crippen MR) is 98.1 cm³/mol. The van der Waals surface area contributed by atoms with Crippen molar-refractivity contribution in [1.29, 1.82) is 0 Å². The van der Waals surface area contributed by atoms with Gasteiger partial charge < -0.3 is 10.2 Å². The Morgan fingerprint density at radius 3 is 2.76 bits per heavy atom. The molecule has 0 saturated carbocycles. The van der Waals surface area contributed by atoms with Crippen molar-refractivity contribution in [3.8, 4) is 0 Å². The van der Waals surface area contributed by atoms with Crippen molar-refractivity contribution in [1.82, 2.24) is 10.3 Å². The van der Waals surface area contributed by atoms with Gasteiger partial charge in [0.05, 0.1) is 6.54 Å². The minimum Gasteiger partial charge on any atom is -0.354 e. The molecule has 114 valence electrons. The highest BCUT2D eigenvalue weighted by Crippen LogP contribution is 2.25. The summed E-state index contributed by atoms with van der Waals surface area (Å²) >= 11 is 8.78. The van der Waals surface area contributed by atoms with E-state index in [9.17, 15) is 0 Å². The number of anilines is 1. The summed E-state index contributed by atoms with van der Waals surface area (Å²) in [6, 6.07) is 4.31. The van der Waals surface area contributed by atoms with E-state index >= 15 is 0 Å². The van der Waals surface area contributed by atoms with E-state index < -0.39 is 0 Å². The summed E-state index contributed by atoms with van der Waals surface area (Å²) < 4.78 is 2.16. The predicted octanol–water partition coefficient (Wildman–Crippen LogP) is 4.80. The van der Waals surface area contributed by atoms with Crippen LogP contribution in [0.2, 0.25) is 0 Å². The lowest BCUT2D eigenvalue weighted by atomic mass is 10.2. The third-order valence-corrected chi connectivity index (χ3v) is 5.14. The Hall–Kier alpha value is -0.430. The van der Waals surface area contributed by atoms with Gasteiger partial charge in [0.1, 0.15) is 5.82 Å². The molecule has 2 aromatic heterocycles. The quantitative estimate of drug-likeness (QED) is 0.636. The molecule has 0 aromatic carbocycles. The molecule has 0 bridgehead atoms. The van der Waals surface area contributed by atoms with Crippen LogP contribution in [-0.2, 0) is 13.1 Å². The van der Waals surface area contributed by atoms with Crippen molar-refractivity contribution in [2.45, 2.75) is 26.4 Å². The van der Waals surface area contributed by atoms with Crippen LogP contribution >= 0.6 is 43.2 Å². The van der Waals surface area contributed by atoms with Crippen LogP contribution in [0.25, 0.3) is 0 Å². The highest BCUT2D eigenvalue weighted by molar-refractivity contribution is 9.10. The maximum atomic E-state index is 4.59. The molecule has 0 aliphatic carbocycles. The molecule has 0 fully saturated rings. The van der Waals surface area contributed by atoms with Gasteiger partial charge in [-0.05, 0) is 57.0 Å². The first kappa shape index (κ1) is 16.9. The second-order valence-electron chi connectivity index (χ2n) is 4.90. The van der Waals surface area contributed by atoms with Gasteiger partial charge in [0, 0.05) is 44.6 Å². The first-order valence-corrected chi connectivity index (χ1v) is 9.36. The summed E-state index contributed by atoms with van der Waals surface area (Å²) in [4.78, 5) is 8.11. The molecule has 2 heterocycles. The number of rotatable bonds is 7. The molecule has 0 atom stereocenters. The molecule has 2 aromatic rings. The fourth-order valence-electron chi connectivity index (χ4n) is 2.09. The summed E-state index contributed by atoms with van der Waals surface area (Å²) in [5, 5.41) is 5.56. The molecule has 6 heteroatoms. The molecule has 0 unspecified atom stereocenters. The van der Waals surface area contributed by atoms with Crippen molar-refractivity contribution in [3.05, 3.63) is 43.1 Å². The van der Waals surface area contributed by atoms with Crippen LogP contribution in [0.3, 0.4) is 0 Å². The Bertz CT molecular complexity index is 586. The Morgan fingerprint density at radius 1 is 1.29 bits per heavy atom. The van der Waals surface area contributed by atoms with E-state index in [0.29, 0.717) is 0 Å². The van der Waals surface area contributed by atoms with Crippen LogP contribution < -0.4 is 10.2 Å². The summed E-state index contributed by atoms with van der Waals surface area (Å²) in [5.74, 6) is 1.03. The van der Waals surface area contributed by atoms with Gasteiger partial charge in [0.2, 0.25) is 0 Å². The van der Waals surface area contributed by atoms with Crippen molar-refractivity contribution in [3.63, 3.8) is 0 Å². The topological polar surface area (TPSA) is 28.2 Å². The Morgan fingerprint density at radius 2 is 2.10 bits per heavy atom. The van der Waals surface area contributed by atoms with E-state index in [1.165, 1.54) is 10.4 Å². The second kappa shape index (κ2) is 8.27. The molecule has 0 spiro atoms. The van der Waals surface area contributed by atoms with Gasteiger partial charge in [-0.1, -0.05) is 6.92 Å². The zero-order valence-corrected chi connectivity index (χ0v) is 16.2. The van der Waals surface area contributed by atoms with Crippen molar-refractivity contribution in [2.24, 2.45) is 0 Å². The van der Waals surface area contributed by atoms with Crippen LogP contribution in [0.4, 0.5) is 5.82 Å². The molecule has 2 rings (SSSR count). The van der Waals surface area contributed by atoms with E-state index in [4.69, 9.17) is 0 Å². The number of hydrogen-bond acceptors (Lipinski definition) is 4. The maximum absolute atomic E-state index is 4.59. The lowest BCUT2D eigenvalue weighted by Gasteiger charge is -2.21. The molecule has 0 saturated heterocycles. The normalized spacial score (nSPS) is 10.9. The van der Waals surface area contributed by atoms with Crippen molar-refractivity contribution in [2.75, 3.05) is 18.5 Å². The second-order valence-corrected chi connectivity index (χ2v) is 7.73. The smallest absolute Gasteiger partial charge is 0.133 e. The van der Waals surface area contributed by atoms with Gasteiger partial charge in [-0.15, -0.1) is 11.3 Å². The van der Waals surface area contributed by atoms with Crippen LogP contribution in [0.15, 0.2) is 32.7 Å². The summed E-state index contributed by atoms with van der Waals surface area (Å²) in [7, 11) is 2.09. The van der Waals surface area contributed by atoms with Crippen molar-refractivity contribution >= 4 is 49.0 Å². The van der Waals surface area contributed by atoms with Crippen LogP contribution in [0.1, 0.15) is 23.8 Å². The highest BCUT2D eigenvalue weighted by atomic mass is 79.9. The first-order valence-electron chi connectivity index (χ1n) is 6.89. The van der Waals surface area contributed by atoms with Crippen LogP contribution in [-0.4, -0.2) is 18.6 Å². The molecule has 0 aliphatic heterocycles. The van der Waals surface area contributed by atoms with Gasteiger partial charge >= 0.3 is 0 Å². The lowest BCUT2D eigenvalue weighted by molar-refractivity contribution is 0.671. The fraction of sp³-hybridized carbons (Fsp3) is 0.400. The largest absolute Gasteiger partial charge is 0.354 e. The summed E-state index contributed by atoms with van der Waals surface area (Å²) in [5.41, 5.74) is 1.22. The average molecular weight is 433 g/mol. The molecular weight excluding hydrogens is 414 g/mol. The lowest BCUT2D eigenvalue weighted by Crippen LogP contribution is -2.22. The van der Waals surface area contributed by atoms with Gasteiger partial charge in [0.25, 0.3) is 0 Å². The van der Waals surface area contributed by atoms with Crippen LogP contribution in [0, 0.1) is 0 Å². The Labute approximate surface area is 147 Å². The zero-order chi connectivity index (χ0) is 15.2.